The maximum Gasteiger partial charge on any atom is 0.152 e. The third kappa shape index (κ3) is 11.8. The van der Waals surface area contributed by atoms with Gasteiger partial charge in [-0.1, -0.05) is 20.8 Å². The van der Waals surface area contributed by atoms with Gasteiger partial charge in [0.25, 0.3) is 0 Å². The molecule has 1 aliphatic rings. The Bertz CT molecular complexity index is 604. The smallest absolute Gasteiger partial charge is 0.152 e. The summed E-state index contributed by atoms with van der Waals surface area (Å²) in [6, 6.07) is 0. The lowest BCUT2D eigenvalue weighted by Gasteiger charge is -2.35. The van der Waals surface area contributed by atoms with Crippen LogP contribution in [0.5, 0.6) is 0 Å². The molecule has 0 N–H and O–H groups in total. The fourth-order valence-corrected chi connectivity index (χ4v) is 3.20. The third-order valence-electron chi connectivity index (χ3n) is 5.19. The number of nitrogens with zero attached hydrogens (tertiary/aromatic N) is 4. The molecule has 0 aromatic rings. The van der Waals surface area contributed by atoms with Crippen LogP contribution in [0.15, 0.2) is 0 Å². The van der Waals surface area contributed by atoms with E-state index in [1.165, 1.54) is 0 Å². The number of aliphatic carboxylic acids is 3. The Hall–Kier alpha value is -2.08. The molecule has 0 atom stereocenters. The molecule has 1 aliphatic heterocycles. The van der Waals surface area contributed by atoms with Crippen LogP contribution in [-0.2, 0) is 19.2 Å². The molecule has 0 spiro atoms. The predicted octanol–water partition coefficient (Wildman–Crippen LogP) is -4.93. The molecule has 0 aliphatic carbocycles. The molecular formula is C20H33N4O7-3. The summed E-state index contributed by atoms with van der Waals surface area (Å²) in [6.45, 7) is 7.23. The Morgan fingerprint density at radius 2 is 0.774 bits per heavy atom. The molecule has 11 heteroatoms. The predicted molar refractivity (Wildman–Crippen MR) is 105 cm³/mol. The second-order valence-electron chi connectivity index (χ2n) is 8.89. The quantitative estimate of drug-likeness (QED) is 0.356. The molecule has 0 amide bonds. The van der Waals surface area contributed by atoms with Crippen molar-refractivity contribution in [1.82, 2.24) is 19.6 Å². The van der Waals surface area contributed by atoms with E-state index >= 15 is 0 Å². The number of ketones is 1. The number of Topliss-reactive ketones (excluding diaryl/α,β-unsaturated/α-hetero) is 1. The summed E-state index contributed by atoms with van der Waals surface area (Å²) in [5, 5.41) is 33.3. The minimum absolute atomic E-state index is 0.0256. The van der Waals surface area contributed by atoms with Crippen LogP contribution >= 0.6 is 0 Å². The van der Waals surface area contributed by atoms with Crippen molar-refractivity contribution in [3.8, 4) is 0 Å². The van der Waals surface area contributed by atoms with Gasteiger partial charge in [-0.25, -0.2) is 0 Å². The molecule has 11 nitrogen and oxygen atoms in total. The largest absolute Gasteiger partial charge is 0.549 e. The summed E-state index contributed by atoms with van der Waals surface area (Å²) >= 11 is 0. The van der Waals surface area contributed by atoms with Crippen LogP contribution in [0, 0.1) is 5.41 Å². The number of carbonyl (C=O) groups excluding carboxylic acids is 4. The highest BCUT2D eigenvalue weighted by Gasteiger charge is 2.24. The molecule has 31 heavy (non-hydrogen) atoms. The lowest BCUT2D eigenvalue weighted by molar-refractivity contribution is -0.308. The highest BCUT2D eigenvalue weighted by Crippen LogP contribution is 2.15. The van der Waals surface area contributed by atoms with Gasteiger partial charge >= 0.3 is 0 Å². The van der Waals surface area contributed by atoms with E-state index in [1.807, 2.05) is 25.7 Å². The van der Waals surface area contributed by atoms with Gasteiger partial charge < -0.3 is 29.7 Å². The number of carboxylic acids is 3. The van der Waals surface area contributed by atoms with Crippen molar-refractivity contribution in [1.29, 1.82) is 0 Å². The summed E-state index contributed by atoms with van der Waals surface area (Å²) in [5.74, 6) is -3.72. The van der Waals surface area contributed by atoms with Crippen molar-refractivity contribution in [2.24, 2.45) is 5.41 Å². The van der Waals surface area contributed by atoms with Crippen LogP contribution in [0.1, 0.15) is 20.8 Å². The van der Waals surface area contributed by atoms with Crippen molar-refractivity contribution in [2.75, 3.05) is 78.5 Å². The van der Waals surface area contributed by atoms with Crippen molar-refractivity contribution in [2.45, 2.75) is 20.8 Å². The molecule has 0 aromatic heterocycles. The number of hydrogen-bond donors (Lipinski definition) is 0. The highest BCUT2D eigenvalue weighted by molar-refractivity contribution is 5.85. The summed E-state index contributed by atoms with van der Waals surface area (Å²) in [7, 11) is 0. The fraction of sp³-hybridized carbons (Fsp3) is 0.800. The van der Waals surface area contributed by atoms with Gasteiger partial charge in [-0.15, -0.1) is 0 Å². The first-order valence-electron chi connectivity index (χ1n) is 10.4. The molecule has 0 aromatic carbocycles. The van der Waals surface area contributed by atoms with E-state index in [4.69, 9.17) is 0 Å². The Morgan fingerprint density at radius 1 is 0.548 bits per heavy atom. The molecule has 1 fully saturated rings. The normalized spacial score (nSPS) is 19.3. The van der Waals surface area contributed by atoms with Crippen LogP contribution < -0.4 is 15.3 Å². The van der Waals surface area contributed by atoms with E-state index < -0.39 is 23.3 Å². The molecule has 0 saturated carbocycles. The van der Waals surface area contributed by atoms with Crippen LogP contribution in [0.4, 0.5) is 0 Å². The monoisotopic (exact) mass is 441 g/mol. The van der Waals surface area contributed by atoms with Crippen molar-refractivity contribution < 1.29 is 34.5 Å². The van der Waals surface area contributed by atoms with E-state index in [9.17, 15) is 34.5 Å². The SMILES string of the molecule is CC(C)(C)C(=O)CN1CCN(CC(=O)[O-])CCN(CC(=O)[O-])CCN(CC(=O)[O-])CC1. The number of hydrogen-bond acceptors (Lipinski definition) is 11. The van der Waals surface area contributed by atoms with Crippen LogP contribution in [0.3, 0.4) is 0 Å². The van der Waals surface area contributed by atoms with Gasteiger partial charge in [0.05, 0.1) is 24.5 Å². The molecule has 1 rings (SSSR count). The van der Waals surface area contributed by atoms with Crippen LogP contribution in [0.2, 0.25) is 0 Å². The average molecular weight is 442 g/mol. The zero-order valence-corrected chi connectivity index (χ0v) is 18.6. The minimum atomic E-state index is -1.27. The lowest BCUT2D eigenvalue weighted by Crippen LogP contribution is -2.51. The molecule has 1 saturated heterocycles. The first kappa shape index (κ1) is 27.0. The molecule has 178 valence electrons. The van der Waals surface area contributed by atoms with Gasteiger partial charge in [0.2, 0.25) is 0 Å². The number of carbonyl (C=O) groups is 4. The summed E-state index contributed by atoms with van der Waals surface area (Å²) < 4.78 is 0. The number of rotatable bonds is 8. The molecule has 0 radical (unpaired) electrons. The van der Waals surface area contributed by atoms with E-state index in [1.54, 1.807) is 14.7 Å². The van der Waals surface area contributed by atoms with Gasteiger partial charge in [0.15, 0.2) is 5.78 Å². The Kier molecular flexibility index (Phi) is 11.0. The summed E-state index contributed by atoms with van der Waals surface area (Å²) in [5.41, 5.74) is -0.537. The maximum atomic E-state index is 12.5. The van der Waals surface area contributed by atoms with E-state index in [0.717, 1.165) is 0 Å². The molecule has 0 bridgehead atoms. The van der Waals surface area contributed by atoms with Gasteiger partial charge in [-0.3, -0.25) is 24.4 Å². The van der Waals surface area contributed by atoms with E-state index in [2.05, 4.69) is 0 Å². The first-order valence-corrected chi connectivity index (χ1v) is 10.4. The van der Waals surface area contributed by atoms with Crippen molar-refractivity contribution >= 4 is 23.7 Å². The highest BCUT2D eigenvalue weighted by atomic mass is 16.4. The van der Waals surface area contributed by atoms with Crippen molar-refractivity contribution in [3.05, 3.63) is 0 Å². The fourth-order valence-electron chi connectivity index (χ4n) is 3.20. The topological polar surface area (TPSA) is 150 Å². The zero-order valence-electron chi connectivity index (χ0n) is 18.6. The Balaban J connectivity index is 2.99. The second-order valence-corrected chi connectivity index (χ2v) is 8.89. The third-order valence-corrected chi connectivity index (χ3v) is 5.19. The second kappa shape index (κ2) is 12.7. The standard InChI is InChI=1S/C20H36N4O7/c1-20(2,3)16(25)12-21-4-6-22(13-17(26)27)8-10-24(15-19(30)31)11-9-23(7-5-21)14-18(28)29/h4-15H2,1-3H3,(H,26,27)(H,28,29)(H,30,31)/p-3. The first-order chi connectivity index (χ1) is 14.4. The summed E-state index contributed by atoms with van der Waals surface area (Å²) in [6.07, 6.45) is 0. The molecule has 1 heterocycles. The number of carboxylic acid groups (broad SMARTS) is 3. The van der Waals surface area contributed by atoms with Gasteiger partial charge in [-0.05, 0) is 0 Å². The average Bonchev–Trinajstić information content (AvgIpc) is 2.61. The molecular weight excluding hydrogens is 408 g/mol. The zero-order chi connectivity index (χ0) is 23.6. The van der Waals surface area contributed by atoms with Crippen molar-refractivity contribution in [3.63, 3.8) is 0 Å². The Morgan fingerprint density at radius 3 is 0.968 bits per heavy atom. The molecule has 0 unspecified atom stereocenters. The summed E-state index contributed by atoms with van der Waals surface area (Å²) in [4.78, 5) is 52.6. The van der Waals surface area contributed by atoms with E-state index in [0.29, 0.717) is 26.2 Å². The van der Waals surface area contributed by atoms with Gasteiger partial charge in [-0.2, -0.15) is 0 Å². The van der Waals surface area contributed by atoms with Crippen LogP contribution in [0.25, 0.3) is 0 Å². The minimum Gasteiger partial charge on any atom is -0.549 e. The van der Waals surface area contributed by atoms with Gasteiger partial charge in [0.1, 0.15) is 0 Å². The van der Waals surface area contributed by atoms with Crippen LogP contribution in [-0.4, -0.2) is 122 Å². The lowest BCUT2D eigenvalue weighted by atomic mass is 9.90. The van der Waals surface area contributed by atoms with E-state index in [-0.39, 0.29) is 58.1 Å². The van der Waals surface area contributed by atoms with Gasteiger partial charge in [0, 0.05) is 77.4 Å². The Labute approximate surface area is 183 Å². The maximum absolute atomic E-state index is 12.5.